The van der Waals surface area contributed by atoms with Crippen LogP contribution < -0.4 is 0 Å². The summed E-state index contributed by atoms with van der Waals surface area (Å²) in [6.07, 6.45) is 7.37. The fourth-order valence-electron chi connectivity index (χ4n) is 0.748. The normalized spacial score (nSPS) is 12.8. The lowest BCUT2D eigenvalue weighted by Gasteiger charge is -2.15. The summed E-state index contributed by atoms with van der Waals surface area (Å²) in [6, 6.07) is 0. The number of terminal acetylenes is 1. The molecule has 0 amide bonds. The van der Waals surface area contributed by atoms with Crippen LogP contribution in [0.3, 0.4) is 0 Å². The first kappa shape index (κ1) is 10.5. The molecule has 0 bridgehead atoms. The second-order valence-corrected chi connectivity index (χ2v) is 8.51. The fraction of sp³-hybridized carbons (Fsp3) is 0.556. The average Bonchev–Trinajstić information content (AvgIpc) is 1.87. The molecule has 2 heteroatoms. The van der Waals surface area contributed by atoms with Gasteiger partial charge < -0.3 is 4.74 Å². The zero-order valence-electron chi connectivity index (χ0n) is 7.77. The number of allylic oxidation sites excluding steroid dienone is 1. The molecule has 0 unspecified atom stereocenters. The molecule has 0 rings (SSSR count). The number of hydrogen-bond donors (Lipinski definition) is 0. The zero-order chi connectivity index (χ0) is 8.91. The van der Waals surface area contributed by atoms with Crippen LogP contribution >= 0.6 is 0 Å². The van der Waals surface area contributed by atoms with E-state index in [-0.39, 0.29) is 0 Å². The summed E-state index contributed by atoms with van der Waals surface area (Å²) in [5.41, 5.74) is 0. The van der Waals surface area contributed by atoms with Gasteiger partial charge in [-0.1, -0.05) is 31.6 Å². The van der Waals surface area contributed by atoms with E-state index in [0.29, 0.717) is 6.61 Å². The molecule has 0 fully saturated rings. The van der Waals surface area contributed by atoms with Crippen LogP contribution in [-0.4, -0.2) is 21.8 Å². The number of ether oxygens (including phenoxy) is 1. The largest absolute Gasteiger partial charge is 0.381 e. The van der Waals surface area contributed by atoms with Gasteiger partial charge in [0, 0.05) is 7.11 Å². The Labute approximate surface area is 70.5 Å². The van der Waals surface area contributed by atoms with E-state index < -0.39 is 8.07 Å². The van der Waals surface area contributed by atoms with Crippen LogP contribution in [0.15, 0.2) is 11.3 Å². The lowest BCUT2D eigenvalue weighted by molar-refractivity contribution is 0.233. The standard InChI is InChI=1S/C9H16OSi/c1-6-9(7-8-10-2)11(3,4)5/h1,7H,8H2,2-5H3/b9-7-. The number of hydrogen-bond acceptors (Lipinski definition) is 1. The first-order chi connectivity index (χ1) is 5.02. The molecule has 0 aliphatic heterocycles. The van der Waals surface area contributed by atoms with Crippen LogP contribution in [0.1, 0.15) is 0 Å². The summed E-state index contributed by atoms with van der Waals surface area (Å²) in [6.45, 7) is 7.32. The smallest absolute Gasteiger partial charge is 0.0880 e. The van der Waals surface area contributed by atoms with Crippen molar-refractivity contribution in [1.29, 1.82) is 0 Å². The Morgan fingerprint density at radius 2 is 2.09 bits per heavy atom. The highest BCUT2D eigenvalue weighted by Crippen LogP contribution is 2.12. The van der Waals surface area contributed by atoms with E-state index in [1.54, 1.807) is 7.11 Å². The van der Waals surface area contributed by atoms with E-state index in [1.807, 2.05) is 6.08 Å². The van der Waals surface area contributed by atoms with Gasteiger partial charge in [-0.2, -0.15) is 0 Å². The first-order valence-electron chi connectivity index (χ1n) is 3.68. The molecule has 0 radical (unpaired) electrons. The Hall–Kier alpha value is -0.523. The predicted octanol–water partition coefficient (Wildman–Crippen LogP) is 2.07. The van der Waals surface area contributed by atoms with Gasteiger partial charge in [-0.15, -0.1) is 6.42 Å². The molecule has 62 valence electrons. The molecule has 11 heavy (non-hydrogen) atoms. The molecule has 0 aliphatic rings. The number of methoxy groups -OCH3 is 1. The van der Waals surface area contributed by atoms with E-state index in [4.69, 9.17) is 11.2 Å². The summed E-state index contributed by atoms with van der Waals surface area (Å²) in [5, 5.41) is 1.14. The minimum atomic E-state index is -1.28. The quantitative estimate of drug-likeness (QED) is 0.463. The van der Waals surface area contributed by atoms with Crippen molar-refractivity contribution in [2.24, 2.45) is 0 Å². The monoisotopic (exact) mass is 168 g/mol. The van der Waals surface area contributed by atoms with E-state index in [9.17, 15) is 0 Å². The SMILES string of the molecule is C#C/C(=C/COC)[Si](C)(C)C. The highest BCUT2D eigenvalue weighted by atomic mass is 28.3. The van der Waals surface area contributed by atoms with Gasteiger partial charge >= 0.3 is 0 Å². The van der Waals surface area contributed by atoms with Crippen LogP contribution in [0.25, 0.3) is 0 Å². The lowest BCUT2D eigenvalue weighted by Crippen LogP contribution is -2.23. The molecule has 0 aliphatic carbocycles. The Kier molecular flexibility index (Phi) is 4.17. The minimum Gasteiger partial charge on any atom is -0.381 e. The van der Waals surface area contributed by atoms with Crippen LogP contribution in [0.5, 0.6) is 0 Å². The topological polar surface area (TPSA) is 9.23 Å². The van der Waals surface area contributed by atoms with E-state index in [0.717, 1.165) is 5.20 Å². The maximum absolute atomic E-state index is 5.36. The second kappa shape index (κ2) is 4.37. The van der Waals surface area contributed by atoms with Crippen molar-refractivity contribution in [2.75, 3.05) is 13.7 Å². The molecular weight excluding hydrogens is 152 g/mol. The summed E-state index contributed by atoms with van der Waals surface area (Å²) < 4.78 is 4.92. The van der Waals surface area contributed by atoms with Gasteiger partial charge in [0.05, 0.1) is 14.7 Å². The van der Waals surface area contributed by atoms with Gasteiger partial charge in [0.1, 0.15) is 0 Å². The third-order valence-corrected chi connectivity index (χ3v) is 3.38. The molecule has 0 heterocycles. The fourth-order valence-corrected chi connectivity index (χ4v) is 1.88. The van der Waals surface area contributed by atoms with Crippen molar-refractivity contribution >= 4 is 8.07 Å². The summed E-state index contributed by atoms with van der Waals surface area (Å²) in [7, 11) is 0.397. The molecule has 0 aromatic carbocycles. The zero-order valence-corrected chi connectivity index (χ0v) is 8.77. The van der Waals surface area contributed by atoms with Crippen LogP contribution in [-0.2, 0) is 4.74 Å². The Balaban J connectivity index is 4.32. The predicted molar refractivity (Wildman–Crippen MR) is 52.1 cm³/mol. The van der Waals surface area contributed by atoms with Gasteiger partial charge in [0.15, 0.2) is 0 Å². The highest BCUT2D eigenvalue weighted by Gasteiger charge is 2.16. The van der Waals surface area contributed by atoms with Crippen molar-refractivity contribution in [3.63, 3.8) is 0 Å². The summed E-state index contributed by atoms with van der Waals surface area (Å²) in [4.78, 5) is 0. The van der Waals surface area contributed by atoms with Gasteiger partial charge in [-0.3, -0.25) is 0 Å². The Morgan fingerprint density at radius 1 is 1.55 bits per heavy atom. The molecule has 0 saturated carbocycles. The molecule has 1 nitrogen and oxygen atoms in total. The van der Waals surface area contributed by atoms with Crippen molar-refractivity contribution in [3.8, 4) is 12.3 Å². The molecule has 0 atom stereocenters. The third kappa shape index (κ3) is 4.02. The van der Waals surface area contributed by atoms with Crippen molar-refractivity contribution in [1.82, 2.24) is 0 Å². The number of rotatable bonds is 3. The van der Waals surface area contributed by atoms with Gasteiger partial charge in [0.25, 0.3) is 0 Å². The summed E-state index contributed by atoms with van der Waals surface area (Å²) >= 11 is 0. The molecule has 0 spiro atoms. The molecular formula is C9H16OSi. The van der Waals surface area contributed by atoms with Crippen molar-refractivity contribution in [3.05, 3.63) is 11.3 Å². The third-order valence-electron chi connectivity index (χ3n) is 1.42. The molecule has 0 saturated heterocycles. The van der Waals surface area contributed by atoms with Crippen LogP contribution in [0.4, 0.5) is 0 Å². The maximum atomic E-state index is 5.36. The van der Waals surface area contributed by atoms with Gasteiger partial charge in [0.2, 0.25) is 0 Å². The second-order valence-electron chi connectivity index (χ2n) is 3.47. The average molecular weight is 168 g/mol. The van der Waals surface area contributed by atoms with Gasteiger partial charge in [-0.25, -0.2) is 0 Å². The van der Waals surface area contributed by atoms with E-state index >= 15 is 0 Å². The van der Waals surface area contributed by atoms with Crippen molar-refractivity contribution < 1.29 is 4.74 Å². The van der Waals surface area contributed by atoms with Crippen LogP contribution in [0.2, 0.25) is 19.6 Å². The molecule has 0 aromatic heterocycles. The Bertz CT molecular complexity index is 181. The van der Waals surface area contributed by atoms with E-state index in [2.05, 4.69) is 25.6 Å². The minimum absolute atomic E-state index is 0.629. The molecule has 0 aromatic rings. The lowest BCUT2D eigenvalue weighted by atomic mass is 10.5. The summed E-state index contributed by atoms with van der Waals surface area (Å²) in [5.74, 6) is 2.72. The van der Waals surface area contributed by atoms with Gasteiger partial charge in [-0.05, 0) is 5.20 Å². The maximum Gasteiger partial charge on any atom is 0.0880 e. The molecule has 0 N–H and O–H groups in total. The van der Waals surface area contributed by atoms with Crippen molar-refractivity contribution in [2.45, 2.75) is 19.6 Å². The Morgan fingerprint density at radius 3 is 2.36 bits per heavy atom. The highest BCUT2D eigenvalue weighted by molar-refractivity contribution is 6.84. The van der Waals surface area contributed by atoms with Crippen LogP contribution in [0, 0.1) is 12.3 Å². The van der Waals surface area contributed by atoms with E-state index in [1.165, 1.54) is 0 Å². The first-order valence-corrected chi connectivity index (χ1v) is 7.18.